The van der Waals surface area contributed by atoms with Gasteiger partial charge in [0.2, 0.25) is 0 Å². The van der Waals surface area contributed by atoms with Gasteiger partial charge in [0, 0.05) is 22.6 Å². The fraction of sp³-hybridized carbons (Fsp3) is 0.179. The monoisotopic (exact) mass is 469 g/mol. The van der Waals surface area contributed by atoms with Gasteiger partial charge in [0.05, 0.1) is 10.3 Å². The SMILES string of the molecule is CC1(C(=O)Oc2ccc(S(=O)(=O)[O-])c3ccccc23)CC2c3ccccc3C1c1ccccc12. The summed E-state index contributed by atoms with van der Waals surface area (Å²) in [5.74, 6) is -0.170. The molecular formula is C28H21O5S-. The molecule has 1 unspecified atom stereocenters. The topological polar surface area (TPSA) is 83.5 Å². The minimum Gasteiger partial charge on any atom is -0.744 e. The van der Waals surface area contributed by atoms with Gasteiger partial charge in [-0.25, -0.2) is 8.42 Å². The quantitative estimate of drug-likeness (QED) is 0.230. The van der Waals surface area contributed by atoms with Crippen LogP contribution in [-0.2, 0) is 14.9 Å². The largest absolute Gasteiger partial charge is 0.744 e. The lowest BCUT2D eigenvalue weighted by Crippen LogP contribution is -2.46. The molecule has 3 aliphatic carbocycles. The molecule has 4 aromatic carbocycles. The molecule has 0 N–H and O–H groups in total. The van der Waals surface area contributed by atoms with Crippen LogP contribution in [0.4, 0.5) is 0 Å². The van der Waals surface area contributed by atoms with Gasteiger partial charge in [-0.15, -0.1) is 0 Å². The lowest BCUT2D eigenvalue weighted by Gasteiger charge is -2.50. The third-order valence-corrected chi connectivity index (χ3v) is 8.31. The summed E-state index contributed by atoms with van der Waals surface area (Å²) in [4.78, 5) is 13.5. The van der Waals surface area contributed by atoms with Gasteiger partial charge in [-0.3, -0.25) is 4.79 Å². The van der Waals surface area contributed by atoms with Gasteiger partial charge < -0.3 is 9.29 Å². The van der Waals surface area contributed by atoms with E-state index in [1.165, 1.54) is 23.3 Å². The van der Waals surface area contributed by atoms with Gasteiger partial charge in [-0.1, -0.05) is 72.8 Å². The van der Waals surface area contributed by atoms with Crippen molar-refractivity contribution >= 4 is 26.9 Å². The maximum Gasteiger partial charge on any atom is 0.318 e. The first kappa shape index (κ1) is 21.1. The summed E-state index contributed by atoms with van der Waals surface area (Å²) in [5, 5.41) is 0.659. The predicted octanol–water partition coefficient (Wildman–Crippen LogP) is 5.34. The average molecular weight is 470 g/mol. The standard InChI is InChI=1S/C28H22O5S/c1-28(16-23-17-8-2-6-12-21(17)26(28)22-13-7-3-9-18(22)23)27(29)33-24-14-15-25(34(30,31)32)20-11-5-4-10-19(20)24/h2-15,23,26H,16H2,1H3,(H,30,31,32)/p-1. The molecule has 0 aliphatic heterocycles. The van der Waals surface area contributed by atoms with Gasteiger partial charge in [0.15, 0.2) is 0 Å². The fourth-order valence-electron chi connectivity index (χ4n) is 5.93. The predicted molar refractivity (Wildman–Crippen MR) is 127 cm³/mol. The summed E-state index contributed by atoms with van der Waals surface area (Å²) in [6.07, 6.45) is 0.621. The number of hydrogen-bond acceptors (Lipinski definition) is 5. The first-order chi connectivity index (χ1) is 16.3. The molecule has 0 heterocycles. The van der Waals surface area contributed by atoms with Gasteiger partial charge in [0.25, 0.3) is 0 Å². The third kappa shape index (κ3) is 2.95. The summed E-state index contributed by atoms with van der Waals surface area (Å²) in [6.45, 7) is 1.96. The van der Waals surface area contributed by atoms with Crippen molar-refractivity contribution in [2.45, 2.75) is 30.1 Å². The maximum absolute atomic E-state index is 13.8. The molecule has 0 saturated heterocycles. The van der Waals surface area contributed by atoms with Gasteiger partial charge in [-0.05, 0) is 47.7 Å². The molecule has 7 rings (SSSR count). The van der Waals surface area contributed by atoms with E-state index in [4.69, 9.17) is 4.74 Å². The highest BCUT2D eigenvalue weighted by atomic mass is 32.2. The van der Waals surface area contributed by atoms with Crippen LogP contribution in [0.1, 0.15) is 47.4 Å². The number of carbonyl (C=O) groups excluding carboxylic acids is 1. The van der Waals surface area contributed by atoms with Crippen molar-refractivity contribution in [3.63, 3.8) is 0 Å². The van der Waals surface area contributed by atoms with Crippen molar-refractivity contribution in [1.29, 1.82) is 0 Å². The normalized spacial score (nSPS) is 22.8. The van der Waals surface area contributed by atoms with Crippen molar-refractivity contribution in [2.24, 2.45) is 5.41 Å². The van der Waals surface area contributed by atoms with Crippen LogP contribution < -0.4 is 4.74 Å². The minimum atomic E-state index is -4.67. The van der Waals surface area contributed by atoms with Crippen LogP contribution in [0, 0.1) is 5.41 Å². The number of ether oxygens (including phenoxy) is 1. The highest BCUT2D eigenvalue weighted by Gasteiger charge is 2.55. The van der Waals surface area contributed by atoms with Crippen LogP contribution in [-0.4, -0.2) is 18.9 Å². The van der Waals surface area contributed by atoms with Gasteiger partial charge in [-0.2, -0.15) is 0 Å². The van der Waals surface area contributed by atoms with E-state index >= 15 is 0 Å². The van der Waals surface area contributed by atoms with E-state index in [1.807, 2.05) is 31.2 Å². The molecule has 0 spiro atoms. The third-order valence-electron chi connectivity index (χ3n) is 7.41. The molecule has 0 fully saturated rings. The van der Waals surface area contributed by atoms with Crippen molar-refractivity contribution in [1.82, 2.24) is 0 Å². The van der Waals surface area contributed by atoms with Gasteiger partial charge >= 0.3 is 5.97 Å². The van der Waals surface area contributed by atoms with E-state index in [1.54, 1.807) is 24.3 Å². The van der Waals surface area contributed by atoms with E-state index < -0.39 is 15.5 Å². The Bertz CT molecular complexity index is 1540. The molecule has 1 atom stereocenters. The van der Waals surface area contributed by atoms with E-state index in [0.717, 1.165) is 11.1 Å². The summed E-state index contributed by atoms with van der Waals surface area (Å²) in [7, 11) is -4.67. The van der Waals surface area contributed by atoms with E-state index in [-0.39, 0.29) is 33.8 Å². The lowest BCUT2D eigenvalue weighted by molar-refractivity contribution is -0.147. The number of hydrogen-bond donors (Lipinski definition) is 0. The highest BCUT2D eigenvalue weighted by molar-refractivity contribution is 7.86. The Morgan fingerprint density at radius 2 is 1.35 bits per heavy atom. The molecule has 3 aliphatic rings. The van der Waals surface area contributed by atoms with E-state index in [0.29, 0.717) is 11.8 Å². The van der Waals surface area contributed by atoms with E-state index in [9.17, 15) is 17.8 Å². The highest BCUT2D eigenvalue weighted by Crippen LogP contribution is 2.61. The molecular weight excluding hydrogens is 448 g/mol. The van der Waals surface area contributed by atoms with Crippen LogP contribution in [0.2, 0.25) is 0 Å². The second-order valence-corrected chi connectivity index (χ2v) is 10.7. The van der Waals surface area contributed by atoms with Crippen LogP contribution in [0.15, 0.2) is 89.8 Å². The molecule has 5 nitrogen and oxygen atoms in total. The molecule has 4 aromatic rings. The molecule has 6 heteroatoms. The minimum absolute atomic E-state index is 0.0969. The number of esters is 1. The molecule has 0 radical (unpaired) electrons. The van der Waals surface area contributed by atoms with Crippen LogP contribution in [0.25, 0.3) is 10.8 Å². The van der Waals surface area contributed by atoms with Crippen LogP contribution in [0.5, 0.6) is 5.75 Å². The van der Waals surface area contributed by atoms with Crippen molar-refractivity contribution in [3.8, 4) is 5.75 Å². The Morgan fingerprint density at radius 3 is 1.94 bits per heavy atom. The molecule has 34 heavy (non-hydrogen) atoms. The smallest absolute Gasteiger partial charge is 0.318 e. The van der Waals surface area contributed by atoms with Crippen molar-refractivity contribution < 1.29 is 22.5 Å². The summed E-state index contributed by atoms with van der Waals surface area (Å²) in [5.41, 5.74) is 4.00. The second-order valence-electron chi connectivity index (χ2n) is 9.32. The number of fused-ring (bicyclic) bond motifs is 2. The number of rotatable bonds is 3. The number of carbonyl (C=O) groups is 1. The summed E-state index contributed by atoms with van der Waals surface area (Å²) >= 11 is 0. The molecule has 0 saturated carbocycles. The van der Waals surface area contributed by atoms with E-state index in [2.05, 4.69) is 24.3 Å². The molecule has 2 bridgehead atoms. The average Bonchev–Trinajstić information content (AvgIpc) is 2.83. The Labute approximate surface area is 197 Å². The second kappa shape index (κ2) is 7.26. The fourth-order valence-corrected chi connectivity index (χ4v) is 6.62. The van der Waals surface area contributed by atoms with Crippen molar-refractivity contribution in [2.75, 3.05) is 0 Å². The zero-order chi connectivity index (χ0) is 23.7. The first-order valence-corrected chi connectivity index (χ1v) is 12.6. The van der Waals surface area contributed by atoms with Crippen molar-refractivity contribution in [3.05, 3.63) is 107 Å². The molecule has 0 amide bonds. The summed E-state index contributed by atoms with van der Waals surface area (Å²) in [6, 6.07) is 25.7. The molecule has 0 aromatic heterocycles. The Morgan fingerprint density at radius 1 is 0.824 bits per heavy atom. The Kier molecular flexibility index (Phi) is 4.50. The van der Waals surface area contributed by atoms with Gasteiger partial charge in [0.1, 0.15) is 15.9 Å². The molecule has 170 valence electrons. The Balaban J connectivity index is 1.45. The zero-order valence-electron chi connectivity index (χ0n) is 18.4. The zero-order valence-corrected chi connectivity index (χ0v) is 19.2. The first-order valence-electron chi connectivity index (χ1n) is 11.2. The summed E-state index contributed by atoms with van der Waals surface area (Å²) < 4.78 is 41.2. The van der Waals surface area contributed by atoms with Crippen LogP contribution >= 0.6 is 0 Å². The lowest BCUT2D eigenvalue weighted by atomic mass is 9.53. The maximum atomic E-state index is 13.8. The number of benzene rings is 4. The van der Waals surface area contributed by atoms with Crippen LogP contribution in [0.3, 0.4) is 0 Å². The Hall–Kier alpha value is -3.48.